The Labute approximate surface area is 163 Å². The molecule has 9 heteroatoms. The number of hydrogen-bond donors (Lipinski definition) is 2. The van der Waals surface area contributed by atoms with Crippen LogP contribution in [0, 0.1) is 0 Å². The van der Waals surface area contributed by atoms with Gasteiger partial charge in [-0.1, -0.05) is 11.3 Å². The molecule has 26 heavy (non-hydrogen) atoms. The Morgan fingerprint density at radius 1 is 1.19 bits per heavy atom. The lowest BCUT2D eigenvalue weighted by atomic mass is 10.1. The topological polar surface area (TPSA) is 84.7 Å². The van der Waals surface area contributed by atoms with Gasteiger partial charge >= 0.3 is 0 Å². The van der Waals surface area contributed by atoms with Crippen LogP contribution < -0.4 is 10.6 Å². The molecule has 7 nitrogen and oxygen atoms in total. The monoisotopic (exact) mass is 394 g/mol. The quantitative estimate of drug-likeness (QED) is 0.713. The van der Waals surface area contributed by atoms with Crippen LogP contribution in [-0.4, -0.2) is 39.0 Å². The van der Waals surface area contributed by atoms with Crippen molar-refractivity contribution < 1.29 is 4.79 Å². The summed E-state index contributed by atoms with van der Waals surface area (Å²) in [5.74, 6) is -0.251. The van der Waals surface area contributed by atoms with Gasteiger partial charge in [-0.15, -0.1) is 29.9 Å². The first-order valence-electron chi connectivity index (χ1n) is 8.08. The molecule has 3 aromatic rings. The van der Waals surface area contributed by atoms with Gasteiger partial charge in [0, 0.05) is 17.3 Å². The standard InChI is InChI=1S/C17H18N6O.2ClH/c24-17(16-11-23(22-21-16)14-5-8-18-9-6-14)20-13-3-4-15-12(10-13)2-1-7-19-15;;/h1-4,7,10-11,14,18H,5-6,8-9H2,(H,20,24);2*1H. The maximum absolute atomic E-state index is 12.4. The molecule has 0 bridgehead atoms. The molecule has 0 unspecified atom stereocenters. The number of pyridine rings is 1. The van der Waals surface area contributed by atoms with Crippen LogP contribution in [0.1, 0.15) is 29.4 Å². The van der Waals surface area contributed by atoms with Crippen LogP contribution in [0.3, 0.4) is 0 Å². The molecule has 0 radical (unpaired) electrons. The van der Waals surface area contributed by atoms with Crippen molar-refractivity contribution >= 4 is 47.3 Å². The molecule has 1 fully saturated rings. The van der Waals surface area contributed by atoms with Gasteiger partial charge in [0.1, 0.15) is 0 Å². The number of aromatic nitrogens is 4. The van der Waals surface area contributed by atoms with E-state index in [-0.39, 0.29) is 30.7 Å². The summed E-state index contributed by atoms with van der Waals surface area (Å²) in [5.41, 5.74) is 1.95. The van der Waals surface area contributed by atoms with Gasteiger partial charge in [-0.05, 0) is 50.2 Å². The number of benzene rings is 1. The lowest BCUT2D eigenvalue weighted by Gasteiger charge is -2.22. The Balaban J connectivity index is 0.00000121. The molecule has 1 saturated heterocycles. The number of rotatable bonds is 3. The minimum Gasteiger partial charge on any atom is -0.321 e. The molecular formula is C17H20Cl2N6O. The van der Waals surface area contributed by atoms with Gasteiger partial charge in [0.25, 0.3) is 5.91 Å². The number of carbonyl (C=O) groups excluding carboxylic acids is 1. The van der Waals surface area contributed by atoms with Crippen LogP contribution in [0.4, 0.5) is 5.69 Å². The fourth-order valence-electron chi connectivity index (χ4n) is 2.98. The predicted octanol–water partition coefficient (Wildman–Crippen LogP) is 2.85. The van der Waals surface area contributed by atoms with Crippen molar-refractivity contribution in [1.29, 1.82) is 0 Å². The predicted molar refractivity (Wildman–Crippen MR) is 105 cm³/mol. The van der Waals surface area contributed by atoms with Gasteiger partial charge in [-0.2, -0.15) is 0 Å². The highest BCUT2D eigenvalue weighted by molar-refractivity contribution is 6.03. The fraction of sp³-hybridized carbons (Fsp3) is 0.294. The fourth-order valence-corrected chi connectivity index (χ4v) is 2.98. The van der Waals surface area contributed by atoms with E-state index in [4.69, 9.17) is 0 Å². The second-order valence-electron chi connectivity index (χ2n) is 5.93. The molecular weight excluding hydrogens is 375 g/mol. The van der Waals surface area contributed by atoms with E-state index in [0.29, 0.717) is 11.7 Å². The molecule has 1 amide bonds. The lowest BCUT2D eigenvalue weighted by molar-refractivity contribution is 0.102. The van der Waals surface area contributed by atoms with Gasteiger partial charge in [0.15, 0.2) is 5.69 Å². The Bertz CT molecular complexity index is 878. The first kappa shape index (κ1) is 20.1. The van der Waals surface area contributed by atoms with Gasteiger partial charge in [-0.3, -0.25) is 9.78 Å². The Hall–Kier alpha value is -2.22. The molecule has 2 aromatic heterocycles. The number of fused-ring (bicyclic) bond motifs is 1. The van der Waals surface area contributed by atoms with Crippen LogP contribution in [-0.2, 0) is 0 Å². The molecule has 1 aliphatic rings. The summed E-state index contributed by atoms with van der Waals surface area (Å²) in [6.07, 6.45) is 5.48. The molecule has 3 heterocycles. The molecule has 0 saturated carbocycles. The van der Waals surface area contributed by atoms with E-state index in [0.717, 1.165) is 42.5 Å². The molecule has 4 rings (SSSR count). The van der Waals surface area contributed by atoms with E-state index in [1.165, 1.54) is 0 Å². The first-order chi connectivity index (χ1) is 11.8. The number of carbonyl (C=O) groups is 1. The summed E-state index contributed by atoms with van der Waals surface area (Å²) >= 11 is 0. The van der Waals surface area contributed by atoms with Crippen LogP contribution in [0.25, 0.3) is 10.9 Å². The van der Waals surface area contributed by atoms with Gasteiger partial charge in [0.2, 0.25) is 0 Å². The first-order valence-corrected chi connectivity index (χ1v) is 8.08. The molecule has 0 atom stereocenters. The SMILES string of the molecule is Cl.Cl.O=C(Nc1ccc2ncccc2c1)c1cn(C2CCNCC2)nn1. The summed E-state index contributed by atoms with van der Waals surface area (Å²) in [5, 5.41) is 15.3. The number of nitrogens with one attached hydrogen (secondary N) is 2. The van der Waals surface area contributed by atoms with Crippen molar-refractivity contribution in [3.05, 3.63) is 48.4 Å². The number of halogens is 2. The smallest absolute Gasteiger partial charge is 0.277 e. The Kier molecular flexibility index (Phi) is 6.90. The summed E-state index contributed by atoms with van der Waals surface area (Å²) in [6, 6.07) is 9.77. The Morgan fingerprint density at radius 2 is 2.00 bits per heavy atom. The average Bonchev–Trinajstić information content (AvgIpc) is 3.13. The van der Waals surface area contributed by atoms with Crippen LogP contribution in [0.2, 0.25) is 0 Å². The normalized spacial score (nSPS) is 14.3. The van der Waals surface area contributed by atoms with Crippen LogP contribution >= 0.6 is 24.8 Å². The lowest BCUT2D eigenvalue weighted by Crippen LogP contribution is -2.29. The van der Waals surface area contributed by atoms with E-state index in [1.807, 2.05) is 30.3 Å². The zero-order valence-electron chi connectivity index (χ0n) is 14.0. The molecule has 2 N–H and O–H groups in total. The number of piperidine rings is 1. The van der Waals surface area contributed by atoms with Crippen LogP contribution in [0.5, 0.6) is 0 Å². The van der Waals surface area contributed by atoms with E-state index < -0.39 is 0 Å². The Morgan fingerprint density at radius 3 is 2.81 bits per heavy atom. The third kappa shape index (κ3) is 4.30. The van der Waals surface area contributed by atoms with Crippen molar-refractivity contribution in [2.75, 3.05) is 18.4 Å². The van der Waals surface area contributed by atoms with E-state index >= 15 is 0 Å². The minimum absolute atomic E-state index is 0. The maximum Gasteiger partial charge on any atom is 0.277 e. The second kappa shape index (κ2) is 8.93. The summed E-state index contributed by atoms with van der Waals surface area (Å²) in [4.78, 5) is 16.7. The van der Waals surface area contributed by atoms with E-state index in [1.54, 1.807) is 17.1 Å². The molecule has 0 aliphatic carbocycles. The zero-order chi connectivity index (χ0) is 16.4. The highest BCUT2D eigenvalue weighted by Gasteiger charge is 2.18. The van der Waals surface area contributed by atoms with E-state index in [9.17, 15) is 4.79 Å². The van der Waals surface area contributed by atoms with Gasteiger partial charge in [0.05, 0.1) is 17.8 Å². The maximum atomic E-state index is 12.4. The number of amides is 1. The minimum atomic E-state index is -0.251. The van der Waals surface area contributed by atoms with Gasteiger partial charge in [-0.25, -0.2) is 4.68 Å². The van der Waals surface area contributed by atoms with Crippen molar-refractivity contribution in [1.82, 2.24) is 25.3 Å². The molecule has 138 valence electrons. The van der Waals surface area contributed by atoms with Crippen molar-refractivity contribution in [2.45, 2.75) is 18.9 Å². The number of hydrogen-bond acceptors (Lipinski definition) is 5. The van der Waals surface area contributed by atoms with Crippen molar-refractivity contribution in [3.8, 4) is 0 Å². The number of nitrogens with zero attached hydrogens (tertiary/aromatic N) is 4. The van der Waals surface area contributed by atoms with Gasteiger partial charge < -0.3 is 10.6 Å². The number of anilines is 1. The highest BCUT2D eigenvalue weighted by Crippen LogP contribution is 2.19. The molecule has 1 aliphatic heterocycles. The molecule has 1 aromatic carbocycles. The zero-order valence-corrected chi connectivity index (χ0v) is 15.6. The third-order valence-electron chi connectivity index (χ3n) is 4.29. The highest BCUT2D eigenvalue weighted by atomic mass is 35.5. The third-order valence-corrected chi connectivity index (χ3v) is 4.29. The summed E-state index contributed by atoms with van der Waals surface area (Å²) in [6.45, 7) is 1.94. The largest absolute Gasteiger partial charge is 0.321 e. The van der Waals surface area contributed by atoms with E-state index in [2.05, 4.69) is 25.9 Å². The summed E-state index contributed by atoms with van der Waals surface area (Å²) in [7, 11) is 0. The average molecular weight is 395 g/mol. The van der Waals surface area contributed by atoms with Crippen molar-refractivity contribution in [2.24, 2.45) is 0 Å². The second-order valence-corrected chi connectivity index (χ2v) is 5.93. The molecule has 0 spiro atoms. The summed E-state index contributed by atoms with van der Waals surface area (Å²) < 4.78 is 1.81. The van der Waals surface area contributed by atoms with Crippen molar-refractivity contribution in [3.63, 3.8) is 0 Å². The van der Waals surface area contributed by atoms with Crippen LogP contribution in [0.15, 0.2) is 42.7 Å².